The van der Waals surface area contributed by atoms with Crippen LogP contribution in [0.5, 0.6) is 5.75 Å². The summed E-state index contributed by atoms with van der Waals surface area (Å²) in [7, 11) is 0. The lowest BCUT2D eigenvalue weighted by atomic mass is 10.2. The van der Waals surface area contributed by atoms with Gasteiger partial charge in [-0.25, -0.2) is 0 Å². The lowest BCUT2D eigenvalue weighted by Gasteiger charge is -2.09. The molecule has 0 saturated carbocycles. The first-order valence-electron chi connectivity index (χ1n) is 8.09. The molecule has 0 spiro atoms. The molecule has 0 aliphatic rings. The highest BCUT2D eigenvalue weighted by molar-refractivity contribution is 7.98. The largest absolute Gasteiger partial charge is 0.487 e. The van der Waals surface area contributed by atoms with Crippen molar-refractivity contribution in [2.24, 2.45) is 5.10 Å². The summed E-state index contributed by atoms with van der Waals surface area (Å²) in [6.45, 7) is 2.03. The summed E-state index contributed by atoms with van der Waals surface area (Å²) in [4.78, 5) is 12.2. The third-order valence-corrected chi connectivity index (χ3v) is 4.58. The molecule has 27 heavy (non-hydrogen) atoms. The van der Waals surface area contributed by atoms with E-state index in [0.717, 1.165) is 11.1 Å². The van der Waals surface area contributed by atoms with Crippen molar-refractivity contribution in [2.45, 2.75) is 18.7 Å². The molecule has 138 valence electrons. The molecule has 0 saturated heterocycles. The minimum atomic E-state index is -0.306. The Morgan fingerprint density at radius 3 is 2.70 bits per heavy atom. The maximum Gasteiger partial charge on any atom is 0.296 e. The van der Waals surface area contributed by atoms with Gasteiger partial charge in [0, 0.05) is 0 Å². The van der Waals surface area contributed by atoms with Crippen LogP contribution in [0.15, 0.2) is 63.6 Å². The van der Waals surface area contributed by atoms with Crippen LogP contribution in [0.2, 0.25) is 5.02 Å². The highest BCUT2D eigenvalue weighted by Gasteiger charge is 2.08. The van der Waals surface area contributed by atoms with Crippen molar-refractivity contribution < 1.29 is 4.74 Å². The second-order valence-electron chi connectivity index (χ2n) is 5.60. The van der Waals surface area contributed by atoms with E-state index in [-0.39, 0.29) is 11.3 Å². The predicted octanol–water partition coefficient (Wildman–Crippen LogP) is 3.78. The van der Waals surface area contributed by atoms with E-state index in [2.05, 4.69) is 15.3 Å². The fourth-order valence-electron chi connectivity index (χ4n) is 2.25. The molecule has 0 aliphatic heterocycles. The van der Waals surface area contributed by atoms with Gasteiger partial charge in [0.25, 0.3) is 5.56 Å². The van der Waals surface area contributed by atoms with Gasteiger partial charge in [-0.3, -0.25) is 4.79 Å². The van der Waals surface area contributed by atoms with E-state index >= 15 is 0 Å². The first-order chi connectivity index (χ1) is 13.1. The van der Waals surface area contributed by atoms with Gasteiger partial charge in [0.05, 0.1) is 11.2 Å². The Balaban J connectivity index is 1.77. The van der Waals surface area contributed by atoms with Gasteiger partial charge in [0.1, 0.15) is 18.1 Å². The minimum absolute atomic E-state index is 0.285. The quantitative estimate of drug-likeness (QED) is 0.465. The Morgan fingerprint density at radius 1 is 1.22 bits per heavy atom. The first-order valence-corrected chi connectivity index (χ1v) is 9.69. The summed E-state index contributed by atoms with van der Waals surface area (Å²) in [5.41, 5.74) is 1.77. The van der Waals surface area contributed by atoms with Gasteiger partial charge >= 0.3 is 0 Å². The van der Waals surface area contributed by atoms with E-state index in [0.29, 0.717) is 22.5 Å². The van der Waals surface area contributed by atoms with Gasteiger partial charge in [-0.15, -0.1) is 10.2 Å². The Kier molecular flexibility index (Phi) is 6.26. The van der Waals surface area contributed by atoms with Gasteiger partial charge in [0.2, 0.25) is 5.16 Å². The topological polar surface area (TPSA) is 69.4 Å². The molecule has 1 heterocycles. The van der Waals surface area contributed by atoms with E-state index in [4.69, 9.17) is 16.3 Å². The molecule has 6 nitrogen and oxygen atoms in total. The molecule has 0 radical (unpaired) electrons. The van der Waals surface area contributed by atoms with E-state index in [1.165, 1.54) is 16.4 Å². The average molecular weight is 401 g/mol. The van der Waals surface area contributed by atoms with Crippen LogP contribution in [0.4, 0.5) is 0 Å². The highest BCUT2D eigenvalue weighted by atomic mass is 35.5. The molecule has 2 aromatic carbocycles. The van der Waals surface area contributed by atoms with Gasteiger partial charge in [-0.1, -0.05) is 53.7 Å². The Bertz CT molecular complexity index is 1020. The maximum atomic E-state index is 12.2. The van der Waals surface area contributed by atoms with Crippen LogP contribution < -0.4 is 10.3 Å². The van der Waals surface area contributed by atoms with Crippen LogP contribution in [0.25, 0.3) is 0 Å². The smallest absolute Gasteiger partial charge is 0.296 e. The summed E-state index contributed by atoms with van der Waals surface area (Å²) in [6, 6.07) is 15.2. The summed E-state index contributed by atoms with van der Waals surface area (Å²) in [5.74, 6) is 0.584. The molecule has 0 fully saturated rings. The van der Waals surface area contributed by atoms with Gasteiger partial charge < -0.3 is 4.74 Å². The number of nitrogens with zero attached hydrogens (tertiary/aromatic N) is 4. The van der Waals surface area contributed by atoms with E-state index in [1.54, 1.807) is 31.5 Å². The molecule has 1 aromatic heterocycles. The number of aromatic nitrogens is 3. The molecule has 3 aromatic rings. The number of aryl methyl sites for hydroxylation is 1. The number of thioether (sulfide) groups is 1. The Morgan fingerprint density at radius 2 is 2.00 bits per heavy atom. The van der Waals surface area contributed by atoms with Crippen molar-refractivity contribution in [3.05, 3.63) is 80.7 Å². The van der Waals surface area contributed by atoms with Crippen molar-refractivity contribution >= 4 is 29.6 Å². The molecule has 0 atom stereocenters. The van der Waals surface area contributed by atoms with Crippen molar-refractivity contribution in [3.63, 3.8) is 0 Å². The predicted molar refractivity (Wildman–Crippen MR) is 108 cm³/mol. The fraction of sp³-hybridized carbons (Fsp3) is 0.158. The van der Waals surface area contributed by atoms with Crippen LogP contribution in [-0.2, 0) is 6.61 Å². The van der Waals surface area contributed by atoms with Crippen molar-refractivity contribution in [3.8, 4) is 5.75 Å². The van der Waals surface area contributed by atoms with Gasteiger partial charge in [-0.2, -0.15) is 9.78 Å². The summed E-state index contributed by atoms with van der Waals surface area (Å²) < 4.78 is 6.98. The molecule has 0 amide bonds. The van der Waals surface area contributed by atoms with E-state index in [1.807, 2.05) is 36.4 Å². The molecule has 0 aliphatic carbocycles. The van der Waals surface area contributed by atoms with Crippen molar-refractivity contribution in [1.29, 1.82) is 0 Å². The third-order valence-electron chi connectivity index (χ3n) is 3.67. The standard InChI is InChI=1S/C19H17ClN4O2S/c1-13-18(25)24(19(27-2)23-22-13)21-11-15-8-9-17(16(20)10-15)26-12-14-6-4-3-5-7-14/h3-11H,12H2,1-2H3/b21-11-. The SMILES string of the molecule is CSc1nnc(C)c(=O)n1/N=C\c1ccc(OCc2ccccc2)c(Cl)c1. The maximum absolute atomic E-state index is 12.2. The van der Waals surface area contributed by atoms with E-state index < -0.39 is 0 Å². The number of benzene rings is 2. The molecule has 0 N–H and O–H groups in total. The average Bonchev–Trinajstić information content (AvgIpc) is 2.69. The van der Waals surface area contributed by atoms with Crippen LogP contribution in [0.3, 0.4) is 0 Å². The lowest BCUT2D eigenvalue weighted by Crippen LogP contribution is -2.23. The van der Waals surface area contributed by atoms with Crippen LogP contribution in [0.1, 0.15) is 16.8 Å². The summed E-state index contributed by atoms with van der Waals surface area (Å²) in [6.07, 6.45) is 3.36. The first kappa shape index (κ1) is 19.1. The molecular weight excluding hydrogens is 384 g/mol. The number of rotatable bonds is 6. The second kappa shape index (κ2) is 8.83. The number of halogens is 1. The highest BCUT2D eigenvalue weighted by Crippen LogP contribution is 2.26. The lowest BCUT2D eigenvalue weighted by molar-refractivity contribution is 0.306. The monoisotopic (exact) mass is 400 g/mol. The van der Waals surface area contributed by atoms with Gasteiger partial charge in [0.15, 0.2) is 0 Å². The number of hydrogen-bond acceptors (Lipinski definition) is 6. The number of ether oxygens (including phenoxy) is 1. The normalized spacial score (nSPS) is 11.1. The Labute approximate surface area is 165 Å². The second-order valence-corrected chi connectivity index (χ2v) is 6.78. The van der Waals surface area contributed by atoms with Crippen molar-refractivity contribution in [2.75, 3.05) is 6.26 Å². The zero-order valence-electron chi connectivity index (χ0n) is 14.8. The molecule has 0 unspecified atom stereocenters. The Hall–Kier alpha value is -2.64. The molecule has 0 bridgehead atoms. The molecule has 8 heteroatoms. The fourth-order valence-corrected chi connectivity index (χ4v) is 2.92. The summed E-state index contributed by atoms with van der Waals surface area (Å²) >= 11 is 7.60. The van der Waals surface area contributed by atoms with Crippen LogP contribution >= 0.6 is 23.4 Å². The molecule has 3 rings (SSSR count). The van der Waals surface area contributed by atoms with E-state index in [9.17, 15) is 4.79 Å². The third kappa shape index (κ3) is 4.75. The zero-order valence-corrected chi connectivity index (χ0v) is 16.4. The molecular formula is C19H17ClN4O2S. The summed E-state index contributed by atoms with van der Waals surface area (Å²) in [5, 5.41) is 12.9. The minimum Gasteiger partial charge on any atom is -0.487 e. The number of hydrogen-bond donors (Lipinski definition) is 0. The zero-order chi connectivity index (χ0) is 19.2. The van der Waals surface area contributed by atoms with Crippen molar-refractivity contribution in [1.82, 2.24) is 14.9 Å². The van der Waals surface area contributed by atoms with Crippen LogP contribution in [-0.4, -0.2) is 27.3 Å². The van der Waals surface area contributed by atoms with Crippen LogP contribution in [0, 0.1) is 6.92 Å². The van der Waals surface area contributed by atoms with Gasteiger partial charge in [-0.05, 0) is 42.5 Å².